The van der Waals surface area contributed by atoms with Gasteiger partial charge in [-0.1, -0.05) is 17.7 Å². The summed E-state index contributed by atoms with van der Waals surface area (Å²) in [5.41, 5.74) is 2.07. The van der Waals surface area contributed by atoms with E-state index in [4.69, 9.17) is 11.6 Å². The smallest absolute Gasteiger partial charge is 0.226 e. The van der Waals surface area contributed by atoms with Crippen LogP contribution < -0.4 is 10.6 Å². The average molecular weight is 319 g/mol. The van der Waals surface area contributed by atoms with Gasteiger partial charge in [0.15, 0.2) is 0 Å². The number of nitrogens with zero attached hydrogens (tertiary/aromatic N) is 2. The van der Waals surface area contributed by atoms with Gasteiger partial charge in [-0.15, -0.1) is 11.3 Å². The third kappa shape index (κ3) is 2.94. The Bertz CT molecular complexity index is 784. The van der Waals surface area contributed by atoms with Crippen LogP contribution in [0.2, 0.25) is 5.02 Å². The van der Waals surface area contributed by atoms with Gasteiger partial charge in [-0.2, -0.15) is 4.98 Å². The number of anilines is 3. The van der Waals surface area contributed by atoms with E-state index in [2.05, 4.69) is 20.6 Å². The van der Waals surface area contributed by atoms with Gasteiger partial charge in [-0.05, 0) is 43.0 Å². The molecular formula is C15H15ClN4S. The molecule has 0 atom stereocenters. The molecule has 21 heavy (non-hydrogen) atoms. The van der Waals surface area contributed by atoms with Crippen LogP contribution in [-0.2, 0) is 0 Å². The standard InChI is InChI=1S/C15H15ClN4S/c1-3-17-15-19-13(11-6-7-21-14(11)20-15)18-12-8-10(16)5-4-9(12)2/h4-8H,3H2,1-2H3,(H2,17,18,19,20). The molecule has 0 radical (unpaired) electrons. The number of halogens is 1. The summed E-state index contributed by atoms with van der Waals surface area (Å²) in [4.78, 5) is 10.0. The number of hydrogen-bond acceptors (Lipinski definition) is 5. The van der Waals surface area contributed by atoms with E-state index in [0.717, 1.165) is 33.8 Å². The fraction of sp³-hybridized carbons (Fsp3) is 0.200. The van der Waals surface area contributed by atoms with Crippen LogP contribution in [0.5, 0.6) is 0 Å². The molecule has 0 bridgehead atoms. The first-order valence-corrected chi connectivity index (χ1v) is 7.95. The SMILES string of the molecule is CCNc1nc(Nc2cc(Cl)ccc2C)c2ccsc2n1. The number of rotatable bonds is 4. The molecule has 0 saturated carbocycles. The van der Waals surface area contributed by atoms with Gasteiger partial charge in [0, 0.05) is 17.3 Å². The number of hydrogen-bond donors (Lipinski definition) is 2. The van der Waals surface area contributed by atoms with E-state index in [1.165, 1.54) is 0 Å². The van der Waals surface area contributed by atoms with E-state index < -0.39 is 0 Å². The largest absolute Gasteiger partial charge is 0.354 e. The number of fused-ring (bicyclic) bond motifs is 1. The number of thiophene rings is 1. The number of nitrogens with one attached hydrogen (secondary N) is 2. The van der Waals surface area contributed by atoms with Crippen LogP contribution in [0.1, 0.15) is 12.5 Å². The topological polar surface area (TPSA) is 49.8 Å². The minimum absolute atomic E-state index is 0.634. The van der Waals surface area contributed by atoms with Crippen LogP contribution in [0.4, 0.5) is 17.5 Å². The van der Waals surface area contributed by atoms with E-state index in [1.807, 2.05) is 43.5 Å². The van der Waals surface area contributed by atoms with Gasteiger partial charge in [0.2, 0.25) is 5.95 Å². The van der Waals surface area contributed by atoms with Crippen molar-refractivity contribution >= 4 is 50.6 Å². The van der Waals surface area contributed by atoms with Crippen molar-refractivity contribution in [1.82, 2.24) is 9.97 Å². The molecule has 0 fully saturated rings. The lowest BCUT2D eigenvalue weighted by molar-refractivity contribution is 1.11. The van der Waals surface area contributed by atoms with Crippen molar-refractivity contribution in [2.45, 2.75) is 13.8 Å². The molecule has 0 unspecified atom stereocenters. The van der Waals surface area contributed by atoms with Gasteiger partial charge in [-0.3, -0.25) is 0 Å². The molecule has 3 rings (SSSR count). The zero-order valence-electron chi connectivity index (χ0n) is 11.8. The van der Waals surface area contributed by atoms with Gasteiger partial charge in [0.1, 0.15) is 10.6 Å². The third-order valence-electron chi connectivity index (χ3n) is 3.11. The highest BCUT2D eigenvalue weighted by molar-refractivity contribution is 7.16. The Morgan fingerprint density at radius 1 is 1.24 bits per heavy atom. The van der Waals surface area contributed by atoms with Crippen molar-refractivity contribution in [3.63, 3.8) is 0 Å². The van der Waals surface area contributed by atoms with Crippen LogP contribution in [-0.4, -0.2) is 16.5 Å². The molecule has 1 aromatic carbocycles. The maximum atomic E-state index is 6.08. The summed E-state index contributed by atoms with van der Waals surface area (Å²) < 4.78 is 0. The average Bonchev–Trinajstić information content (AvgIpc) is 2.92. The first kappa shape index (κ1) is 14.1. The lowest BCUT2D eigenvalue weighted by atomic mass is 10.2. The van der Waals surface area contributed by atoms with Crippen LogP contribution in [0.3, 0.4) is 0 Å². The van der Waals surface area contributed by atoms with E-state index in [-0.39, 0.29) is 0 Å². The normalized spacial score (nSPS) is 10.8. The van der Waals surface area contributed by atoms with E-state index >= 15 is 0 Å². The van der Waals surface area contributed by atoms with Crippen molar-refractivity contribution in [3.8, 4) is 0 Å². The highest BCUT2D eigenvalue weighted by atomic mass is 35.5. The van der Waals surface area contributed by atoms with Gasteiger partial charge >= 0.3 is 0 Å². The number of benzene rings is 1. The quantitative estimate of drug-likeness (QED) is 0.723. The summed E-state index contributed by atoms with van der Waals surface area (Å²) in [7, 11) is 0. The predicted molar refractivity (Wildman–Crippen MR) is 91.1 cm³/mol. The Balaban J connectivity index is 2.06. The molecule has 4 nitrogen and oxygen atoms in total. The third-order valence-corrected chi connectivity index (χ3v) is 4.15. The minimum atomic E-state index is 0.634. The van der Waals surface area contributed by atoms with Crippen molar-refractivity contribution in [1.29, 1.82) is 0 Å². The van der Waals surface area contributed by atoms with Gasteiger partial charge in [0.25, 0.3) is 0 Å². The number of aromatic nitrogens is 2. The predicted octanol–water partition coefficient (Wildman–Crippen LogP) is 4.83. The second kappa shape index (κ2) is 5.87. The molecule has 2 aromatic heterocycles. The van der Waals surface area contributed by atoms with Gasteiger partial charge in [-0.25, -0.2) is 4.98 Å². The summed E-state index contributed by atoms with van der Waals surface area (Å²) in [6.45, 7) is 4.85. The van der Waals surface area contributed by atoms with E-state index in [9.17, 15) is 0 Å². The molecule has 0 aliphatic heterocycles. The molecule has 2 N–H and O–H groups in total. The molecule has 0 aliphatic rings. The lowest BCUT2D eigenvalue weighted by Crippen LogP contribution is -2.04. The maximum Gasteiger partial charge on any atom is 0.226 e. The van der Waals surface area contributed by atoms with Gasteiger partial charge < -0.3 is 10.6 Å². The van der Waals surface area contributed by atoms with E-state index in [1.54, 1.807) is 11.3 Å². The van der Waals surface area contributed by atoms with Crippen LogP contribution >= 0.6 is 22.9 Å². The highest BCUT2D eigenvalue weighted by Gasteiger charge is 2.10. The molecule has 6 heteroatoms. The van der Waals surface area contributed by atoms with Crippen molar-refractivity contribution in [3.05, 3.63) is 40.2 Å². The van der Waals surface area contributed by atoms with Crippen molar-refractivity contribution in [2.24, 2.45) is 0 Å². The second-order valence-electron chi connectivity index (χ2n) is 4.65. The van der Waals surface area contributed by atoms with Crippen LogP contribution in [0.15, 0.2) is 29.6 Å². The Labute approximate surface area is 132 Å². The highest BCUT2D eigenvalue weighted by Crippen LogP contribution is 2.30. The Morgan fingerprint density at radius 2 is 2.10 bits per heavy atom. The molecule has 108 valence electrons. The first-order chi connectivity index (χ1) is 10.2. The Kier molecular flexibility index (Phi) is 3.94. The summed E-state index contributed by atoms with van der Waals surface area (Å²) in [5, 5.41) is 10.3. The lowest BCUT2D eigenvalue weighted by Gasteiger charge is -2.11. The first-order valence-electron chi connectivity index (χ1n) is 6.69. The fourth-order valence-electron chi connectivity index (χ4n) is 2.04. The molecule has 3 aromatic rings. The second-order valence-corrected chi connectivity index (χ2v) is 5.98. The van der Waals surface area contributed by atoms with Crippen molar-refractivity contribution < 1.29 is 0 Å². The molecule has 0 saturated heterocycles. The monoisotopic (exact) mass is 318 g/mol. The summed E-state index contributed by atoms with van der Waals surface area (Å²) >= 11 is 7.68. The minimum Gasteiger partial charge on any atom is -0.354 e. The van der Waals surface area contributed by atoms with Crippen LogP contribution in [0, 0.1) is 6.92 Å². The maximum absolute atomic E-state index is 6.08. The number of aryl methyl sites for hydroxylation is 1. The summed E-state index contributed by atoms with van der Waals surface area (Å²) in [6.07, 6.45) is 0. The fourth-order valence-corrected chi connectivity index (χ4v) is 2.98. The summed E-state index contributed by atoms with van der Waals surface area (Å²) in [5.74, 6) is 1.43. The molecule has 0 aliphatic carbocycles. The molecular weight excluding hydrogens is 304 g/mol. The molecule has 0 amide bonds. The Hall–Kier alpha value is -1.85. The molecule has 0 spiro atoms. The van der Waals surface area contributed by atoms with Crippen molar-refractivity contribution in [2.75, 3.05) is 17.2 Å². The van der Waals surface area contributed by atoms with Crippen LogP contribution in [0.25, 0.3) is 10.2 Å². The zero-order valence-corrected chi connectivity index (χ0v) is 13.3. The zero-order chi connectivity index (χ0) is 14.8. The van der Waals surface area contributed by atoms with Gasteiger partial charge in [0.05, 0.1) is 5.39 Å². The Morgan fingerprint density at radius 3 is 2.90 bits per heavy atom. The summed E-state index contributed by atoms with van der Waals surface area (Å²) in [6, 6.07) is 7.80. The molecule has 2 heterocycles. The van der Waals surface area contributed by atoms with E-state index in [0.29, 0.717) is 11.0 Å².